The van der Waals surface area contributed by atoms with Gasteiger partial charge < -0.3 is 24.7 Å². The van der Waals surface area contributed by atoms with Crippen molar-refractivity contribution in [3.05, 3.63) is 48.1 Å². The molecule has 1 amide bonds. The Morgan fingerprint density at radius 3 is 2.51 bits per heavy atom. The summed E-state index contributed by atoms with van der Waals surface area (Å²) in [5.41, 5.74) is 7.47. The van der Waals surface area contributed by atoms with Crippen LogP contribution in [-0.2, 0) is 30.3 Å². The standard InChI is InChI=1S/C34H47NO8/c1-5-6-11-26(37)17-25(34(28-12-9-10-22(28)2)43-33-13-7-8-16-41-33)15-14-24-18-31(42-21-27(38)19-32(35)39)30(40-4)20-29(24)23(3)36/h5,18,20,25,28,33-34H,1-2,6-17,19,21H2,3-4H3,(H2,35,39). The highest BCUT2D eigenvalue weighted by Crippen LogP contribution is 2.41. The van der Waals surface area contributed by atoms with Gasteiger partial charge in [-0.1, -0.05) is 18.2 Å². The molecule has 1 saturated heterocycles. The number of carbonyl (C=O) groups is 4. The second-order valence-corrected chi connectivity index (χ2v) is 11.6. The summed E-state index contributed by atoms with van der Waals surface area (Å²) < 4.78 is 23.8. The molecule has 0 bridgehead atoms. The van der Waals surface area contributed by atoms with Crippen LogP contribution in [0.25, 0.3) is 0 Å². The van der Waals surface area contributed by atoms with E-state index in [4.69, 9.17) is 24.7 Å². The van der Waals surface area contributed by atoms with E-state index in [1.54, 1.807) is 18.2 Å². The van der Waals surface area contributed by atoms with Crippen LogP contribution in [-0.4, -0.2) is 56.0 Å². The van der Waals surface area contributed by atoms with Gasteiger partial charge >= 0.3 is 0 Å². The maximum atomic E-state index is 13.1. The topological polar surface area (TPSA) is 131 Å². The minimum absolute atomic E-state index is 0.126. The van der Waals surface area contributed by atoms with Gasteiger partial charge in [0.15, 0.2) is 29.4 Å². The number of carbonyl (C=O) groups excluding carboxylic acids is 4. The van der Waals surface area contributed by atoms with Crippen molar-refractivity contribution in [3.8, 4) is 11.5 Å². The van der Waals surface area contributed by atoms with Gasteiger partial charge in [-0.2, -0.15) is 0 Å². The summed E-state index contributed by atoms with van der Waals surface area (Å²) >= 11 is 0. The Balaban J connectivity index is 1.91. The fourth-order valence-electron chi connectivity index (χ4n) is 6.06. The Morgan fingerprint density at radius 2 is 1.91 bits per heavy atom. The highest BCUT2D eigenvalue weighted by molar-refractivity contribution is 5.98. The number of rotatable bonds is 19. The molecule has 236 valence electrons. The molecule has 0 aromatic heterocycles. The first-order valence-corrected chi connectivity index (χ1v) is 15.3. The number of aryl methyl sites for hydroxylation is 1. The molecule has 9 heteroatoms. The Bertz CT molecular complexity index is 1170. The smallest absolute Gasteiger partial charge is 0.225 e. The molecule has 0 spiro atoms. The summed E-state index contributed by atoms with van der Waals surface area (Å²) in [6, 6.07) is 3.32. The van der Waals surface area contributed by atoms with Crippen LogP contribution in [0.5, 0.6) is 11.5 Å². The highest BCUT2D eigenvalue weighted by atomic mass is 16.7. The molecule has 2 N–H and O–H groups in total. The van der Waals surface area contributed by atoms with E-state index >= 15 is 0 Å². The van der Waals surface area contributed by atoms with E-state index in [0.29, 0.717) is 55.6 Å². The zero-order valence-corrected chi connectivity index (χ0v) is 25.7. The summed E-state index contributed by atoms with van der Waals surface area (Å²) in [4.78, 5) is 49.1. The number of benzene rings is 1. The summed E-state index contributed by atoms with van der Waals surface area (Å²) in [7, 11) is 1.45. The van der Waals surface area contributed by atoms with Gasteiger partial charge in [-0.25, -0.2) is 0 Å². The number of primary amides is 1. The van der Waals surface area contributed by atoms with Gasteiger partial charge in [-0.15, -0.1) is 6.58 Å². The van der Waals surface area contributed by atoms with Crippen LogP contribution in [0.4, 0.5) is 0 Å². The van der Waals surface area contributed by atoms with Gasteiger partial charge in [0, 0.05) is 30.9 Å². The number of methoxy groups -OCH3 is 1. The van der Waals surface area contributed by atoms with Crippen LogP contribution in [0.15, 0.2) is 36.9 Å². The predicted molar refractivity (Wildman–Crippen MR) is 163 cm³/mol. The summed E-state index contributed by atoms with van der Waals surface area (Å²) in [6.45, 7) is 9.89. The Labute approximate surface area is 255 Å². The van der Waals surface area contributed by atoms with Crippen molar-refractivity contribution < 1.29 is 38.1 Å². The van der Waals surface area contributed by atoms with Crippen molar-refractivity contribution in [2.24, 2.45) is 17.6 Å². The van der Waals surface area contributed by atoms with Gasteiger partial charge in [-0.05, 0) is 88.3 Å². The van der Waals surface area contributed by atoms with Crippen molar-refractivity contribution in [3.63, 3.8) is 0 Å². The fourth-order valence-corrected chi connectivity index (χ4v) is 6.06. The first kappa shape index (κ1) is 34.2. The maximum Gasteiger partial charge on any atom is 0.225 e. The highest BCUT2D eigenvalue weighted by Gasteiger charge is 2.37. The van der Waals surface area contributed by atoms with E-state index in [0.717, 1.165) is 44.1 Å². The molecule has 1 heterocycles. The van der Waals surface area contributed by atoms with Crippen LogP contribution in [0, 0.1) is 11.8 Å². The third kappa shape index (κ3) is 10.4. The lowest BCUT2D eigenvalue weighted by Crippen LogP contribution is -2.38. The normalized spacial score (nSPS) is 19.8. The molecule has 2 aliphatic rings. The maximum absolute atomic E-state index is 13.1. The average molecular weight is 598 g/mol. The zero-order chi connectivity index (χ0) is 31.4. The van der Waals surface area contributed by atoms with Gasteiger partial charge in [0.1, 0.15) is 12.4 Å². The Kier molecular flexibility index (Phi) is 13.6. The third-order valence-electron chi connectivity index (χ3n) is 8.28. The van der Waals surface area contributed by atoms with Crippen LogP contribution in [0.1, 0.15) is 93.5 Å². The lowest BCUT2D eigenvalue weighted by Gasteiger charge is -2.36. The molecule has 0 radical (unpaired) electrons. The molecule has 1 aliphatic heterocycles. The van der Waals surface area contributed by atoms with Crippen molar-refractivity contribution in [2.45, 2.75) is 96.4 Å². The summed E-state index contributed by atoms with van der Waals surface area (Å²) in [5, 5.41) is 0. The van der Waals surface area contributed by atoms with Crippen molar-refractivity contribution in [1.29, 1.82) is 0 Å². The van der Waals surface area contributed by atoms with Crippen LogP contribution >= 0.6 is 0 Å². The molecule has 1 aromatic carbocycles. The number of ketones is 3. The van der Waals surface area contributed by atoms with Crippen molar-refractivity contribution in [1.82, 2.24) is 0 Å². The first-order chi connectivity index (χ1) is 20.6. The van der Waals surface area contributed by atoms with E-state index in [2.05, 4.69) is 13.2 Å². The van der Waals surface area contributed by atoms with E-state index in [1.165, 1.54) is 14.0 Å². The molecule has 9 nitrogen and oxygen atoms in total. The molecule has 4 atom stereocenters. The summed E-state index contributed by atoms with van der Waals surface area (Å²) in [5.74, 6) is -0.622. The average Bonchev–Trinajstić information content (AvgIpc) is 3.41. The number of ether oxygens (including phenoxy) is 4. The monoisotopic (exact) mass is 597 g/mol. The number of hydrogen-bond acceptors (Lipinski definition) is 8. The van der Waals surface area contributed by atoms with E-state index < -0.39 is 18.1 Å². The predicted octanol–water partition coefficient (Wildman–Crippen LogP) is 5.46. The van der Waals surface area contributed by atoms with E-state index in [1.807, 2.05) is 0 Å². The lowest BCUT2D eigenvalue weighted by molar-refractivity contribution is -0.208. The molecule has 4 unspecified atom stereocenters. The fraction of sp³-hybridized carbons (Fsp3) is 0.588. The van der Waals surface area contributed by atoms with Crippen LogP contribution < -0.4 is 15.2 Å². The van der Waals surface area contributed by atoms with Gasteiger partial charge in [0.2, 0.25) is 5.91 Å². The van der Waals surface area contributed by atoms with Gasteiger partial charge in [0.25, 0.3) is 0 Å². The Morgan fingerprint density at radius 1 is 1.12 bits per heavy atom. The van der Waals surface area contributed by atoms with E-state index in [-0.39, 0.29) is 48.2 Å². The molecular weight excluding hydrogens is 550 g/mol. The minimum atomic E-state index is -0.734. The molecule has 1 aliphatic carbocycles. The summed E-state index contributed by atoms with van der Waals surface area (Å²) in [6.07, 6.45) is 8.95. The van der Waals surface area contributed by atoms with Gasteiger partial charge in [-0.3, -0.25) is 19.2 Å². The molecular formula is C34H47NO8. The largest absolute Gasteiger partial charge is 0.493 e. The quantitative estimate of drug-likeness (QED) is 0.126. The number of allylic oxidation sites excluding steroid dienone is 1. The van der Waals surface area contributed by atoms with Gasteiger partial charge in [0.05, 0.1) is 19.6 Å². The van der Waals surface area contributed by atoms with Crippen molar-refractivity contribution >= 4 is 23.3 Å². The molecule has 1 saturated carbocycles. The molecule has 3 rings (SSSR count). The minimum Gasteiger partial charge on any atom is -0.493 e. The first-order valence-electron chi connectivity index (χ1n) is 15.3. The van der Waals surface area contributed by atoms with Crippen LogP contribution in [0.3, 0.4) is 0 Å². The Hall–Kier alpha value is -3.30. The molecule has 1 aromatic rings. The second kappa shape index (κ2) is 17.1. The molecule has 2 fully saturated rings. The van der Waals surface area contributed by atoms with Crippen molar-refractivity contribution in [2.75, 3.05) is 20.3 Å². The third-order valence-corrected chi connectivity index (χ3v) is 8.28. The second-order valence-electron chi connectivity index (χ2n) is 11.6. The SMILES string of the molecule is C=CCCC(=O)CC(CCc1cc(OCC(=O)CC(N)=O)c(OC)cc1C(C)=O)C(OC1CCCCO1)C1CCCC1=C. The number of nitrogens with two attached hydrogens (primary N) is 1. The lowest BCUT2D eigenvalue weighted by atomic mass is 9.80. The number of Topliss-reactive ketones (excluding diaryl/α,β-unsaturated/α-hetero) is 3. The zero-order valence-electron chi connectivity index (χ0n) is 25.7. The van der Waals surface area contributed by atoms with E-state index in [9.17, 15) is 19.2 Å². The number of hydrogen-bond donors (Lipinski definition) is 1. The van der Waals surface area contributed by atoms with Crippen LogP contribution in [0.2, 0.25) is 0 Å². The number of amides is 1. The molecule has 43 heavy (non-hydrogen) atoms.